The summed E-state index contributed by atoms with van der Waals surface area (Å²) < 4.78 is 17.8. The van der Waals surface area contributed by atoms with Crippen LogP contribution >= 0.6 is 0 Å². The van der Waals surface area contributed by atoms with Crippen molar-refractivity contribution in [2.45, 2.75) is 18.9 Å². The van der Waals surface area contributed by atoms with Gasteiger partial charge in [-0.3, -0.25) is 11.3 Å². The monoisotopic (exact) mass is 234 g/mol. The summed E-state index contributed by atoms with van der Waals surface area (Å²) in [4.78, 5) is 0. The lowest BCUT2D eigenvalue weighted by atomic mass is 10.0. The van der Waals surface area contributed by atoms with Gasteiger partial charge in [-0.05, 0) is 42.2 Å². The number of hydrogen-bond donors (Lipinski definition) is 2. The van der Waals surface area contributed by atoms with Crippen molar-refractivity contribution in [3.8, 4) is 0 Å². The standard InChI is InChI=1S/C13H15FN2O/c14-12-3-1-10(2-4-12)7-13(16-15)8-11-5-6-17-9-11/h1-6,9,13,16H,7-8,15H2. The van der Waals surface area contributed by atoms with Crippen molar-refractivity contribution in [1.82, 2.24) is 5.43 Å². The zero-order valence-corrected chi connectivity index (χ0v) is 9.40. The van der Waals surface area contributed by atoms with E-state index >= 15 is 0 Å². The van der Waals surface area contributed by atoms with Crippen LogP contribution in [0.15, 0.2) is 47.3 Å². The van der Waals surface area contributed by atoms with Crippen molar-refractivity contribution in [3.63, 3.8) is 0 Å². The van der Waals surface area contributed by atoms with Crippen LogP contribution in [-0.2, 0) is 12.8 Å². The van der Waals surface area contributed by atoms with Gasteiger partial charge in [-0.15, -0.1) is 0 Å². The highest BCUT2D eigenvalue weighted by Crippen LogP contribution is 2.10. The van der Waals surface area contributed by atoms with Gasteiger partial charge in [0.25, 0.3) is 0 Å². The van der Waals surface area contributed by atoms with E-state index in [1.165, 1.54) is 12.1 Å². The summed E-state index contributed by atoms with van der Waals surface area (Å²) in [5, 5.41) is 0. The maximum absolute atomic E-state index is 12.8. The molecule has 3 nitrogen and oxygen atoms in total. The average molecular weight is 234 g/mol. The Morgan fingerprint density at radius 1 is 1.12 bits per heavy atom. The molecule has 1 aromatic carbocycles. The van der Waals surface area contributed by atoms with Gasteiger partial charge in [0.15, 0.2) is 0 Å². The minimum Gasteiger partial charge on any atom is -0.472 e. The largest absolute Gasteiger partial charge is 0.472 e. The molecular formula is C13H15FN2O. The predicted octanol–water partition coefficient (Wildman–Crippen LogP) is 2.04. The molecule has 0 spiro atoms. The summed E-state index contributed by atoms with van der Waals surface area (Å²) in [7, 11) is 0. The molecule has 0 fully saturated rings. The molecule has 2 rings (SSSR count). The molecule has 0 bridgehead atoms. The van der Waals surface area contributed by atoms with Crippen molar-refractivity contribution in [2.24, 2.45) is 5.84 Å². The SMILES string of the molecule is NNC(Cc1ccc(F)cc1)Cc1ccoc1. The minimum atomic E-state index is -0.221. The molecule has 0 aliphatic carbocycles. The maximum Gasteiger partial charge on any atom is 0.123 e. The first-order valence-corrected chi connectivity index (χ1v) is 5.49. The Balaban J connectivity index is 1.97. The van der Waals surface area contributed by atoms with Crippen LogP contribution in [0.25, 0.3) is 0 Å². The molecule has 1 aromatic heterocycles. The molecule has 0 amide bonds. The van der Waals surface area contributed by atoms with Crippen LogP contribution in [0, 0.1) is 5.82 Å². The molecule has 1 atom stereocenters. The molecule has 0 saturated heterocycles. The molecule has 4 heteroatoms. The summed E-state index contributed by atoms with van der Waals surface area (Å²) >= 11 is 0. The quantitative estimate of drug-likeness (QED) is 0.615. The Hall–Kier alpha value is -1.65. The zero-order chi connectivity index (χ0) is 12.1. The molecule has 0 saturated carbocycles. The smallest absolute Gasteiger partial charge is 0.123 e. The lowest BCUT2D eigenvalue weighted by Gasteiger charge is -2.14. The number of halogens is 1. The molecule has 1 heterocycles. The van der Waals surface area contributed by atoms with Gasteiger partial charge in [0.1, 0.15) is 5.82 Å². The summed E-state index contributed by atoms with van der Waals surface area (Å²) in [6.45, 7) is 0. The van der Waals surface area contributed by atoms with Crippen LogP contribution in [0.3, 0.4) is 0 Å². The van der Waals surface area contributed by atoms with Crippen LogP contribution in [0.1, 0.15) is 11.1 Å². The van der Waals surface area contributed by atoms with E-state index in [0.29, 0.717) is 0 Å². The highest BCUT2D eigenvalue weighted by Gasteiger charge is 2.09. The van der Waals surface area contributed by atoms with E-state index in [4.69, 9.17) is 10.3 Å². The fraction of sp³-hybridized carbons (Fsp3) is 0.231. The first kappa shape index (κ1) is 11.8. The van der Waals surface area contributed by atoms with E-state index in [2.05, 4.69) is 5.43 Å². The summed E-state index contributed by atoms with van der Waals surface area (Å²) in [6, 6.07) is 8.48. The second kappa shape index (κ2) is 5.61. The molecule has 3 N–H and O–H groups in total. The molecule has 1 unspecified atom stereocenters. The van der Waals surface area contributed by atoms with Gasteiger partial charge < -0.3 is 4.42 Å². The first-order chi connectivity index (χ1) is 8.28. The van der Waals surface area contributed by atoms with Gasteiger partial charge in [-0.25, -0.2) is 4.39 Å². The van der Waals surface area contributed by atoms with Gasteiger partial charge in [0, 0.05) is 6.04 Å². The minimum absolute atomic E-state index is 0.109. The number of hydrazine groups is 1. The van der Waals surface area contributed by atoms with Gasteiger partial charge >= 0.3 is 0 Å². The lowest BCUT2D eigenvalue weighted by molar-refractivity contribution is 0.514. The molecular weight excluding hydrogens is 219 g/mol. The highest BCUT2D eigenvalue weighted by atomic mass is 19.1. The van der Waals surface area contributed by atoms with Crippen LogP contribution in [-0.4, -0.2) is 6.04 Å². The molecule has 2 aromatic rings. The van der Waals surface area contributed by atoms with Gasteiger partial charge in [0.2, 0.25) is 0 Å². The lowest BCUT2D eigenvalue weighted by Crippen LogP contribution is -2.38. The Morgan fingerprint density at radius 3 is 2.41 bits per heavy atom. The summed E-state index contributed by atoms with van der Waals surface area (Å²) in [5.74, 6) is 5.29. The van der Waals surface area contributed by atoms with Crippen molar-refractivity contribution in [3.05, 3.63) is 59.8 Å². The van der Waals surface area contributed by atoms with E-state index in [0.717, 1.165) is 24.0 Å². The van der Waals surface area contributed by atoms with Crippen LogP contribution in [0.4, 0.5) is 4.39 Å². The second-order valence-electron chi connectivity index (χ2n) is 4.03. The Labute approximate surface area is 99.4 Å². The van der Waals surface area contributed by atoms with E-state index in [1.807, 2.05) is 6.07 Å². The highest BCUT2D eigenvalue weighted by molar-refractivity contribution is 5.18. The third kappa shape index (κ3) is 3.41. The molecule has 17 heavy (non-hydrogen) atoms. The van der Waals surface area contributed by atoms with E-state index < -0.39 is 0 Å². The molecule has 0 aliphatic heterocycles. The second-order valence-corrected chi connectivity index (χ2v) is 4.03. The third-order valence-corrected chi connectivity index (χ3v) is 2.69. The van der Waals surface area contributed by atoms with E-state index in [9.17, 15) is 4.39 Å². The number of rotatable bonds is 5. The van der Waals surface area contributed by atoms with Gasteiger partial charge in [0.05, 0.1) is 12.5 Å². The van der Waals surface area contributed by atoms with Crippen LogP contribution in [0.2, 0.25) is 0 Å². The Kier molecular flexibility index (Phi) is 3.90. The number of furan rings is 1. The van der Waals surface area contributed by atoms with Crippen molar-refractivity contribution >= 4 is 0 Å². The third-order valence-electron chi connectivity index (χ3n) is 2.69. The molecule has 0 aliphatic rings. The molecule has 0 radical (unpaired) electrons. The van der Waals surface area contributed by atoms with Crippen LogP contribution < -0.4 is 11.3 Å². The normalized spacial score (nSPS) is 12.6. The zero-order valence-electron chi connectivity index (χ0n) is 9.40. The van der Waals surface area contributed by atoms with Gasteiger partial charge in [-0.1, -0.05) is 12.1 Å². The van der Waals surface area contributed by atoms with Crippen molar-refractivity contribution in [1.29, 1.82) is 0 Å². The summed E-state index contributed by atoms with van der Waals surface area (Å²) in [5.41, 5.74) is 4.91. The Morgan fingerprint density at radius 2 is 1.82 bits per heavy atom. The number of hydrogen-bond acceptors (Lipinski definition) is 3. The first-order valence-electron chi connectivity index (χ1n) is 5.49. The van der Waals surface area contributed by atoms with Crippen LogP contribution in [0.5, 0.6) is 0 Å². The van der Waals surface area contributed by atoms with Gasteiger partial charge in [-0.2, -0.15) is 0 Å². The topological polar surface area (TPSA) is 51.2 Å². The predicted molar refractivity (Wildman–Crippen MR) is 63.6 cm³/mol. The van der Waals surface area contributed by atoms with Crippen molar-refractivity contribution in [2.75, 3.05) is 0 Å². The Bertz CT molecular complexity index is 439. The van der Waals surface area contributed by atoms with Crippen molar-refractivity contribution < 1.29 is 8.81 Å². The van der Waals surface area contributed by atoms with E-state index in [1.54, 1.807) is 24.7 Å². The maximum atomic E-state index is 12.8. The number of nitrogens with one attached hydrogen (secondary N) is 1. The van der Waals surface area contributed by atoms with E-state index in [-0.39, 0.29) is 11.9 Å². The fourth-order valence-corrected chi connectivity index (χ4v) is 1.79. The average Bonchev–Trinajstić information content (AvgIpc) is 2.84. The fourth-order valence-electron chi connectivity index (χ4n) is 1.79. The summed E-state index contributed by atoms with van der Waals surface area (Å²) in [6.07, 6.45) is 4.88. The molecule has 90 valence electrons. The number of nitrogens with two attached hydrogens (primary N) is 1. The number of benzene rings is 1.